The second kappa shape index (κ2) is 29.3. The number of ether oxygens (including phenoxy) is 7. The van der Waals surface area contributed by atoms with E-state index in [9.17, 15) is 19.2 Å². The highest BCUT2D eigenvalue weighted by molar-refractivity contribution is 7.22. The van der Waals surface area contributed by atoms with Crippen molar-refractivity contribution in [2.45, 2.75) is 103 Å². The Balaban J connectivity index is 1.04. The van der Waals surface area contributed by atoms with Crippen LogP contribution in [0, 0.1) is 17.8 Å². The summed E-state index contributed by atoms with van der Waals surface area (Å²) in [5, 5.41) is 7.49. The molecule has 2 aliphatic carbocycles. The molecule has 15 heteroatoms. The van der Waals surface area contributed by atoms with Gasteiger partial charge in [0.2, 0.25) is 5.13 Å². The van der Waals surface area contributed by atoms with Crippen molar-refractivity contribution < 1.29 is 52.3 Å². The van der Waals surface area contributed by atoms with Crippen molar-refractivity contribution in [3.8, 4) is 17.2 Å². The highest BCUT2D eigenvalue weighted by Crippen LogP contribution is 2.39. The number of hydrogen-bond acceptors (Lipinski definition) is 15. The maximum Gasteiger partial charge on any atom is 0.330 e. The minimum atomic E-state index is -0.490. The number of para-hydroxylation sites is 1. The SMILES string of the molecule is C=CC(=O)OCCCCCCOc1ccc(OC(=O)C2CCC(C(=O)Oc3ccc(C4CCC(CCC)CC4)cc3/C=N/N(CCOCCOCCOC(=O)C=C)c3nc4ccccc4s3)CC2)cc1. The summed E-state index contributed by atoms with van der Waals surface area (Å²) < 4.78 is 40.3. The summed E-state index contributed by atoms with van der Waals surface area (Å²) in [5.74, 6) is 0.539. The molecule has 0 atom stereocenters. The average Bonchev–Trinajstić information content (AvgIpc) is 3.83. The van der Waals surface area contributed by atoms with Gasteiger partial charge in [-0.2, -0.15) is 5.10 Å². The predicted octanol–water partition coefficient (Wildman–Crippen LogP) is 11.0. The van der Waals surface area contributed by atoms with Gasteiger partial charge in [0.1, 0.15) is 23.9 Å². The largest absolute Gasteiger partial charge is 0.494 e. The van der Waals surface area contributed by atoms with E-state index in [0.29, 0.717) is 99.1 Å². The number of benzene rings is 3. The van der Waals surface area contributed by atoms with Gasteiger partial charge in [-0.1, -0.05) is 62.5 Å². The normalized spacial score (nSPS) is 18.0. The first kappa shape index (κ1) is 53.5. The summed E-state index contributed by atoms with van der Waals surface area (Å²) in [7, 11) is 0. The quantitative estimate of drug-likeness (QED) is 0.0126. The zero-order valence-electron chi connectivity index (χ0n) is 40.6. The van der Waals surface area contributed by atoms with E-state index in [1.165, 1.54) is 42.6 Å². The summed E-state index contributed by atoms with van der Waals surface area (Å²) in [6.07, 6.45) is 16.7. The number of aromatic nitrogens is 1. The highest BCUT2D eigenvalue weighted by atomic mass is 32.1. The van der Waals surface area contributed by atoms with Gasteiger partial charge >= 0.3 is 23.9 Å². The van der Waals surface area contributed by atoms with E-state index in [0.717, 1.165) is 66.8 Å². The summed E-state index contributed by atoms with van der Waals surface area (Å²) in [6, 6.07) is 21.1. The number of carbonyl (C=O) groups excluding carboxylic acids is 4. The van der Waals surface area contributed by atoms with Crippen molar-refractivity contribution in [3.05, 3.63) is 103 Å². The molecule has 0 spiro atoms. The minimum absolute atomic E-state index is 0.139. The van der Waals surface area contributed by atoms with Gasteiger partial charge in [0, 0.05) is 17.7 Å². The molecule has 6 rings (SSSR count). The zero-order valence-corrected chi connectivity index (χ0v) is 41.4. The average molecular weight is 980 g/mol. The van der Waals surface area contributed by atoms with E-state index in [4.69, 9.17) is 43.2 Å². The molecule has 0 saturated heterocycles. The van der Waals surface area contributed by atoms with Crippen LogP contribution in [0.25, 0.3) is 10.2 Å². The number of thiazole rings is 1. The molecule has 0 bridgehead atoms. The van der Waals surface area contributed by atoms with E-state index in [2.05, 4.69) is 32.2 Å². The second-order valence-corrected chi connectivity index (χ2v) is 18.7. The number of rotatable bonds is 29. The molecule has 376 valence electrons. The first-order valence-electron chi connectivity index (χ1n) is 24.9. The summed E-state index contributed by atoms with van der Waals surface area (Å²) in [5.41, 5.74) is 2.78. The maximum absolute atomic E-state index is 13.9. The van der Waals surface area contributed by atoms with E-state index < -0.39 is 11.9 Å². The maximum atomic E-state index is 13.9. The fourth-order valence-electron chi connectivity index (χ4n) is 8.78. The number of fused-ring (bicyclic) bond motifs is 1. The Hall–Kier alpha value is -5.90. The van der Waals surface area contributed by atoms with Crippen LogP contribution in [0.2, 0.25) is 0 Å². The van der Waals surface area contributed by atoms with Crippen molar-refractivity contribution >= 4 is 56.8 Å². The van der Waals surface area contributed by atoms with Gasteiger partial charge < -0.3 is 33.2 Å². The van der Waals surface area contributed by atoms with Gasteiger partial charge in [-0.05, 0) is 143 Å². The Morgan fingerprint density at radius 3 is 2.01 bits per heavy atom. The molecule has 2 aliphatic rings. The number of unbranched alkanes of at least 4 members (excludes halogenated alkanes) is 3. The van der Waals surface area contributed by atoms with Crippen LogP contribution in [0.5, 0.6) is 17.2 Å². The van der Waals surface area contributed by atoms with Gasteiger partial charge in [-0.25, -0.2) is 19.6 Å². The molecule has 70 heavy (non-hydrogen) atoms. The van der Waals surface area contributed by atoms with Crippen LogP contribution >= 0.6 is 11.3 Å². The van der Waals surface area contributed by atoms with E-state index in [-0.39, 0.29) is 37.0 Å². The molecule has 3 aromatic carbocycles. The number of hydrazone groups is 1. The fraction of sp³-hybridized carbons (Fsp3) is 0.491. The number of anilines is 1. The van der Waals surface area contributed by atoms with Crippen molar-refractivity contribution in [1.29, 1.82) is 0 Å². The highest BCUT2D eigenvalue weighted by Gasteiger charge is 2.33. The molecule has 1 heterocycles. The summed E-state index contributed by atoms with van der Waals surface area (Å²) >= 11 is 1.53. The van der Waals surface area contributed by atoms with Crippen LogP contribution in [0.15, 0.2) is 97.1 Å². The number of esters is 4. The monoisotopic (exact) mass is 979 g/mol. The van der Waals surface area contributed by atoms with Crippen LogP contribution in [0.1, 0.15) is 114 Å². The lowest BCUT2D eigenvalue weighted by Gasteiger charge is -2.29. The van der Waals surface area contributed by atoms with E-state index in [1.807, 2.05) is 35.3 Å². The molecule has 0 N–H and O–H groups in total. The van der Waals surface area contributed by atoms with Crippen molar-refractivity contribution in [3.63, 3.8) is 0 Å². The van der Waals surface area contributed by atoms with Crippen LogP contribution in [0.4, 0.5) is 5.13 Å². The van der Waals surface area contributed by atoms with Gasteiger partial charge in [0.15, 0.2) is 0 Å². The molecule has 0 radical (unpaired) electrons. The first-order valence-corrected chi connectivity index (χ1v) is 25.8. The van der Waals surface area contributed by atoms with Gasteiger partial charge in [0.25, 0.3) is 0 Å². The Bertz CT molecular complexity index is 2280. The molecule has 14 nitrogen and oxygen atoms in total. The predicted molar refractivity (Wildman–Crippen MR) is 272 cm³/mol. The van der Waals surface area contributed by atoms with Gasteiger partial charge in [-0.15, -0.1) is 0 Å². The first-order chi connectivity index (χ1) is 34.2. The van der Waals surface area contributed by atoms with Crippen LogP contribution in [-0.4, -0.2) is 87.9 Å². The lowest BCUT2D eigenvalue weighted by molar-refractivity contribution is -0.145. The van der Waals surface area contributed by atoms with Gasteiger partial charge in [0.05, 0.1) is 74.5 Å². The Morgan fingerprint density at radius 2 is 1.33 bits per heavy atom. The summed E-state index contributed by atoms with van der Waals surface area (Å²) in [6.45, 7) is 11.8. The van der Waals surface area contributed by atoms with Gasteiger partial charge in [-0.3, -0.25) is 9.59 Å². The number of hydrogen-bond donors (Lipinski definition) is 0. The fourth-order valence-corrected chi connectivity index (χ4v) is 9.73. The summed E-state index contributed by atoms with van der Waals surface area (Å²) in [4.78, 5) is 54.4. The second-order valence-electron chi connectivity index (χ2n) is 17.7. The molecule has 1 aromatic heterocycles. The third kappa shape index (κ3) is 17.5. The van der Waals surface area contributed by atoms with Crippen LogP contribution in [-0.2, 0) is 38.1 Å². The molecular weight excluding hydrogens is 911 g/mol. The lowest BCUT2D eigenvalue weighted by atomic mass is 9.77. The van der Waals surface area contributed by atoms with E-state index >= 15 is 0 Å². The molecular formula is C55H69N3O11S. The third-order valence-corrected chi connectivity index (χ3v) is 13.8. The molecule has 0 aliphatic heterocycles. The minimum Gasteiger partial charge on any atom is -0.494 e. The number of nitrogens with zero attached hydrogens (tertiary/aromatic N) is 3. The van der Waals surface area contributed by atoms with Crippen LogP contribution in [0.3, 0.4) is 0 Å². The molecule has 0 amide bonds. The molecule has 4 aromatic rings. The Morgan fingerprint density at radius 1 is 0.700 bits per heavy atom. The molecule has 2 saturated carbocycles. The lowest BCUT2D eigenvalue weighted by Crippen LogP contribution is -2.30. The van der Waals surface area contributed by atoms with Crippen LogP contribution < -0.4 is 19.2 Å². The van der Waals surface area contributed by atoms with Crippen molar-refractivity contribution in [2.75, 3.05) is 57.8 Å². The smallest absolute Gasteiger partial charge is 0.330 e. The van der Waals surface area contributed by atoms with Crippen molar-refractivity contribution in [2.24, 2.45) is 22.9 Å². The zero-order chi connectivity index (χ0) is 49.3. The Kier molecular flexibility index (Phi) is 22.4. The standard InChI is InChI=1S/C55H69N3O11S/c1-4-13-40-16-18-41(19-17-40)44-24-29-49(45(38-44)39-56-58(55-57-48-14-9-10-15-50(48)70-55)30-33-63-34-35-64-36-37-67-52(60)6-3)69-54(62)43-22-20-42(21-23-43)53(61)68-47-27-25-46(26-28-47)65-31-11-7-8-12-32-66-51(59)5-2/h5-6,9-10,14-15,24-29,38-43H,2-4,7-8,11-13,16-23,30-37H2,1H3/b56-39+. The number of carbonyl (C=O) groups is 4. The molecule has 2 fully saturated rings. The van der Waals surface area contributed by atoms with E-state index in [1.54, 1.807) is 30.5 Å². The molecule has 0 unspecified atom stereocenters. The topological polar surface area (TPSA) is 161 Å². The van der Waals surface area contributed by atoms with Crippen molar-refractivity contribution in [1.82, 2.24) is 4.98 Å². The third-order valence-electron chi connectivity index (χ3n) is 12.7. The Labute approximate surface area is 416 Å².